The van der Waals surface area contributed by atoms with Gasteiger partial charge in [0.2, 0.25) is 0 Å². The molecule has 0 bridgehead atoms. The molecular formula is C22H36O7. The van der Waals surface area contributed by atoms with Crippen molar-refractivity contribution in [3.63, 3.8) is 0 Å². The van der Waals surface area contributed by atoms with Crippen LogP contribution in [0.4, 0.5) is 0 Å². The lowest BCUT2D eigenvalue weighted by molar-refractivity contribution is -0.289. The van der Waals surface area contributed by atoms with Crippen molar-refractivity contribution in [2.75, 3.05) is 0 Å². The highest BCUT2D eigenvalue weighted by Crippen LogP contribution is 2.61. The summed E-state index contributed by atoms with van der Waals surface area (Å²) < 4.78 is 11.9. The quantitative estimate of drug-likeness (QED) is 0.454. The van der Waals surface area contributed by atoms with Crippen molar-refractivity contribution in [3.8, 4) is 0 Å². The Kier molecular flexibility index (Phi) is 6.31. The summed E-state index contributed by atoms with van der Waals surface area (Å²) in [5.41, 5.74) is -3.44. The van der Waals surface area contributed by atoms with Crippen LogP contribution in [-0.4, -0.2) is 56.8 Å². The monoisotopic (exact) mass is 412 g/mol. The molecule has 0 amide bonds. The Morgan fingerprint density at radius 1 is 1.24 bits per heavy atom. The number of hydrogen-bond donors (Lipinski definition) is 3. The van der Waals surface area contributed by atoms with Gasteiger partial charge in [-0.3, -0.25) is 9.59 Å². The predicted molar refractivity (Wildman–Crippen MR) is 107 cm³/mol. The fourth-order valence-corrected chi connectivity index (χ4v) is 6.02. The number of aliphatic hydroxyl groups is 2. The molecule has 0 saturated heterocycles. The van der Waals surface area contributed by atoms with Gasteiger partial charge in [0.25, 0.3) is 0 Å². The molecule has 1 unspecified atom stereocenters. The number of ether oxygens (including phenoxy) is 2. The molecule has 166 valence electrons. The topological polar surface area (TPSA) is 113 Å². The number of hydrogen-bond acceptors (Lipinski definition) is 6. The second-order valence-electron chi connectivity index (χ2n) is 10.2. The fraction of sp³-hybridized carbons (Fsp3) is 0.818. The van der Waals surface area contributed by atoms with Crippen molar-refractivity contribution in [1.82, 2.24) is 0 Å². The van der Waals surface area contributed by atoms with E-state index in [0.29, 0.717) is 12.8 Å². The van der Waals surface area contributed by atoms with E-state index in [1.54, 1.807) is 13.8 Å². The first-order chi connectivity index (χ1) is 13.1. The van der Waals surface area contributed by atoms with E-state index < -0.39 is 46.9 Å². The molecule has 2 aliphatic rings. The first kappa shape index (κ1) is 23.8. The number of aliphatic hydroxyl groups excluding tert-OH is 2. The molecule has 0 heterocycles. The number of carboxylic acids is 1. The van der Waals surface area contributed by atoms with Crippen molar-refractivity contribution in [1.29, 1.82) is 0 Å². The average Bonchev–Trinajstić information content (AvgIpc) is 2.53. The molecule has 0 aromatic carbocycles. The number of esters is 1. The van der Waals surface area contributed by atoms with Crippen molar-refractivity contribution in [2.45, 2.75) is 96.7 Å². The Hall–Kier alpha value is -1.44. The summed E-state index contributed by atoms with van der Waals surface area (Å²) >= 11 is 0. The number of aliphatic carboxylic acids is 1. The number of carbonyl (C=O) groups is 2. The summed E-state index contributed by atoms with van der Waals surface area (Å²) in [6.45, 7) is 14.3. The van der Waals surface area contributed by atoms with Crippen LogP contribution in [0.2, 0.25) is 0 Å². The minimum atomic E-state index is -1.24. The molecule has 0 aromatic rings. The largest absolute Gasteiger partial charge is 0.481 e. The predicted octanol–water partition coefficient (Wildman–Crippen LogP) is 2.68. The summed E-state index contributed by atoms with van der Waals surface area (Å²) in [6, 6.07) is 0. The van der Waals surface area contributed by atoms with Gasteiger partial charge < -0.3 is 24.8 Å². The molecule has 0 aromatic heterocycles. The maximum Gasteiger partial charge on any atom is 0.306 e. The van der Waals surface area contributed by atoms with E-state index in [1.165, 1.54) is 13.0 Å². The molecule has 7 atom stereocenters. The van der Waals surface area contributed by atoms with Gasteiger partial charge in [-0.1, -0.05) is 26.8 Å². The minimum Gasteiger partial charge on any atom is -0.481 e. The second kappa shape index (κ2) is 7.67. The van der Waals surface area contributed by atoms with Crippen molar-refractivity contribution >= 4 is 11.9 Å². The van der Waals surface area contributed by atoms with Gasteiger partial charge in [-0.05, 0) is 38.5 Å². The summed E-state index contributed by atoms with van der Waals surface area (Å²) in [4.78, 5) is 23.2. The molecule has 29 heavy (non-hydrogen) atoms. The summed E-state index contributed by atoms with van der Waals surface area (Å²) in [7, 11) is 0. The van der Waals surface area contributed by atoms with E-state index in [2.05, 4.69) is 20.4 Å². The second-order valence-corrected chi connectivity index (χ2v) is 10.2. The van der Waals surface area contributed by atoms with E-state index in [1.807, 2.05) is 6.92 Å². The fourth-order valence-electron chi connectivity index (χ4n) is 6.02. The van der Waals surface area contributed by atoms with Crippen LogP contribution in [0.15, 0.2) is 12.7 Å². The molecule has 2 fully saturated rings. The number of carboxylic acid groups (broad SMARTS) is 1. The molecule has 7 heteroatoms. The molecular weight excluding hydrogens is 376 g/mol. The normalized spacial score (nSPS) is 41.0. The van der Waals surface area contributed by atoms with Gasteiger partial charge in [0.05, 0.1) is 24.2 Å². The Balaban J connectivity index is 2.55. The summed E-state index contributed by atoms with van der Waals surface area (Å²) in [5.74, 6) is -1.94. The van der Waals surface area contributed by atoms with Crippen LogP contribution < -0.4 is 0 Å². The van der Waals surface area contributed by atoms with Crippen LogP contribution in [0.25, 0.3) is 0 Å². The lowest BCUT2D eigenvalue weighted by atomic mass is 9.47. The Morgan fingerprint density at radius 3 is 2.31 bits per heavy atom. The van der Waals surface area contributed by atoms with Crippen LogP contribution in [-0.2, 0) is 19.1 Å². The lowest BCUT2D eigenvalue weighted by Crippen LogP contribution is -2.70. The molecule has 0 radical (unpaired) electrons. The van der Waals surface area contributed by atoms with Gasteiger partial charge in [0.1, 0.15) is 5.60 Å². The number of carbonyl (C=O) groups excluding carboxylic acids is 1. The van der Waals surface area contributed by atoms with Gasteiger partial charge in [0.15, 0.2) is 6.10 Å². The zero-order valence-electron chi connectivity index (χ0n) is 18.4. The van der Waals surface area contributed by atoms with Gasteiger partial charge in [-0.2, -0.15) is 0 Å². The summed E-state index contributed by atoms with van der Waals surface area (Å²) in [5, 5.41) is 31.6. The molecule has 2 rings (SSSR count). The smallest absolute Gasteiger partial charge is 0.306 e. The first-order valence-electron chi connectivity index (χ1n) is 10.2. The zero-order valence-corrected chi connectivity index (χ0v) is 18.4. The van der Waals surface area contributed by atoms with Crippen molar-refractivity contribution < 1.29 is 34.4 Å². The van der Waals surface area contributed by atoms with Crippen molar-refractivity contribution in [2.24, 2.45) is 16.7 Å². The summed E-state index contributed by atoms with van der Waals surface area (Å²) in [6.07, 6.45) is -0.0304. The molecule has 3 N–H and O–H groups in total. The maximum atomic E-state index is 11.9. The molecule has 2 saturated carbocycles. The Morgan fingerprint density at radius 2 is 1.83 bits per heavy atom. The molecule has 0 spiro atoms. The van der Waals surface area contributed by atoms with Gasteiger partial charge in [-0.15, -0.1) is 6.58 Å². The molecule has 0 aliphatic heterocycles. The number of rotatable bonds is 6. The van der Waals surface area contributed by atoms with E-state index in [4.69, 9.17) is 9.47 Å². The Bertz CT molecular complexity index is 674. The third-order valence-corrected chi connectivity index (χ3v) is 7.05. The third kappa shape index (κ3) is 4.37. The van der Waals surface area contributed by atoms with Crippen molar-refractivity contribution in [3.05, 3.63) is 12.7 Å². The van der Waals surface area contributed by atoms with Crippen LogP contribution in [0, 0.1) is 16.7 Å². The highest BCUT2D eigenvalue weighted by molar-refractivity contribution is 5.68. The maximum absolute atomic E-state index is 11.9. The lowest BCUT2D eigenvalue weighted by Gasteiger charge is -2.63. The highest BCUT2D eigenvalue weighted by atomic mass is 16.6. The highest BCUT2D eigenvalue weighted by Gasteiger charge is 2.65. The van der Waals surface area contributed by atoms with E-state index in [-0.39, 0.29) is 17.8 Å². The van der Waals surface area contributed by atoms with E-state index in [9.17, 15) is 24.9 Å². The Labute approximate surface area is 173 Å². The number of fused-ring (bicyclic) bond motifs is 1. The first-order valence-corrected chi connectivity index (χ1v) is 10.2. The van der Waals surface area contributed by atoms with Crippen LogP contribution >= 0.6 is 0 Å². The van der Waals surface area contributed by atoms with Crippen LogP contribution in [0.3, 0.4) is 0 Å². The van der Waals surface area contributed by atoms with Gasteiger partial charge in [0, 0.05) is 18.3 Å². The molecule has 2 aliphatic carbocycles. The van der Waals surface area contributed by atoms with Crippen LogP contribution in [0.1, 0.15) is 67.2 Å². The van der Waals surface area contributed by atoms with Gasteiger partial charge in [-0.25, -0.2) is 0 Å². The third-order valence-electron chi connectivity index (χ3n) is 7.05. The van der Waals surface area contributed by atoms with E-state index in [0.717, 1.165) is 6.42 Å². The zero-order chi connectivity index (χ0) is 22.4. The van der Waals surface area contributed by atoms with E-state index >= 15 is 0 Å². The molecule has 7 nitrogen and oxygen atoms in total. The SMILES string of the molecule is C=C[C@@](C)(CC(=O)O)O[C@@]1(C)C[C@@]2(C)C(O)CCC(C)(C)[C@@H]2[C@H](O)[C@@H]1OC(C)=O. The van der Waals surface area contributed by atoms with Crippen LogP contribution in [0.5, 0.6) is 0 Å². The van der Waals surface area contributed by atoms with Gasteiger partial charge >= 0.3 is 11.9 Å². The standard InChI is InChI=1S/C22H36O7/c1-8-20(5,11-15(25)26)29-22(7)12-21(6)14(24)9-10-19(3,4)17(21)16(27)18(22)28-13(2)23/h8,14,16-18,24,27H,1,9-12H2,2-7H3,(H,25,26)/t14?,16-,17-,18-,20-,21-,22-/m0/s1. The average molecular weight is 413 g/mol. The minimum absolute atomic E-state index is 0.282.